The molecule has 2 aromatic rings. The van der Waals surface area contributed by atoms with Gasteiger partial charge in [-0.1, -0.05) is 11.3 Å². The highest BCUT2D eigenvalue weighted by Crippen LogP contribution is 2.37. The van der Waals surface area contributed by atoms with E-state index in [2.05, 4.69) is 32.2 Å². The van der Waals surface area contributed by atoms with Gasteiger partial charge >= 0.3 is 6.09 Å². The minimum Gasteiger partial charge on any atom is -0.441 e. The number of aryl methyl sites for hydroxylation is 1. The lowest BCUT2D eigenvalue weighted by Gasteiger charge is -2.37. The Kier molecular flexibility index (Phi) is 4.48. The molecular formula is C19H21N5O3S. The number of amides is 1. The third kappa shape index (κ3) is 3.24. The Hall–Kier alpha value is -2.52. The molecule has 0 spiro atoms. The molecule has 0 atom stereocenters. The van der Waals surface area contributed by atoms with Gasteiger partial charge in [-0.2, -0.15) is 0 Å². The van der Waals surface area contributed by atoms with E-state index in [1.54, 1.807) is 16.2 Å². The van der Waals surface area contributed by atoms with Crippen LogP contribution >= 0.6 is 11.3 Å². The Morgan fingerprint density at radius 1 is 1.25 bits per heavy atom. The van der Waals surface area contributed by atoms with Gasteiger partial charge in [0, 0.05) is 50.0 Å². The molecule has 4 heterocycles. The molecule has 9 heteroatoms. The normalized spacial score (nSPS) is 19.2. The standard InChI is InChI=1S/C19H21N5O3S/c1-12-21-22-18(28-12)13-8-15-16(9-13)20-3-2-17(15)23-4-6-24(7-5-23)19(25)27-14-10-26-11-14/h2-3,8,14H,4-7,9-11H2,1H3. The average molecular weight is 399 g/mol. The number of carbonyl (C=O) groups is 1. The molecule has 2 aromatic heterocycles. The summed E-state index contributed by atoms with van der Waals surface area (Å²) in [6.45, 7) is 5.83. The van der Waals surface area contributed by atoms with Crippen LogP contribution in [0.5, 0.6) is 0 Å². The van der Waals surface area contributed by atoms with Crippen LogP contribution in [0.4, 0.5) is 10.5 Å². The van der Waals surface area contributed by atoms with Gasteiger partial charge in [-0.25, -0.2) is 4.79 Å². The summed E-state index contributed by atoms with van der Waals surface area (Å²) in [6, 6.07) is 2.06. The summed E-state index contributed by atoms with van der Waals surface area (Å²) < 4.78 is 10.5. The van der Waals surface area contributed by atoms with Gasteiger partial charge in [0.15, 0.2) is 6.10 Å². The highest BCUT2D eigenvalue weighted by atomic mass is 32.1. The third-order valence-electron chi connectivity index (χ3n) is 5.28. The Balaban J connectivity index is 1.29. The van der Waals surface area contributed by atoms with Crippen LogP contribution in [-0.4, -0.2) is 71.7 Å². The number of hydrogen-bond acceptors (Lipinski definition) is 8. The first kappa shape index (κ1) is 17.6. The summed E-state index contributed by atoms with van der Waals surface area (Å²) in [6.07, 6.45) is 4.53. The maximum atomic E-state index is 12.2. The molecule has 0 N–H and O–H groups in total. The second-order valence-corrected chi connectivity index (χ2v) is 8.36. The van der Waals surface area contributed by atoms with Crippen molar-refractivity contribution < 1.29 is 14.3 Å². The largest absolute Gasteiger partial charge is 0.441 e. The molecular weight excluding hydrogens is 378 g/mol. The van der Waals surface area contributed by atoms with E-state index in [0.717, 1.165) is 40.8 Å². The Labute approximate surface area is 166 Å². The first-order chi connectivity index (χ1) is 13.7. The quantitative estimate of drug-likeness (QED) is 0.781. The number of anilines is 1. The zero-order valence-electron chi connectivity index (χ0n) is 15.6. The molecule has 0 radical (unpaired) electrons. The molecule has 1 aliphatic carbocycles. The number of nitrogens with zero attached hydrogens (tertiary/aromatic N) is 5. The number of allylic oxidation sites excluding steroid dienone is 1. The molecule has 0 bridgehead atoms. The van der Waals surface area contributed by atoms with Crippen LogP contribution in [0.25, 0.3) is 11.6 Å². The molecule has 0 unspecified atom stereocenters. The predicted octanol–water partition coefficient (Wildman–Crippen LogP) is 2.00. The fourth-order valence-electron chi connectivity index (χ4n) is 3.68. The second-order valence-electron chi connectivity index (χ2n) is 7.18. The lowest BCUT2D eigenvalue weighted by molar-refractivity contribution is -0.104. The number of carbonyl (C=O) groups excluding carboxylic acids is 1. The van der Waals surface area contributed by atoms with Gasteiger partial charge in [-0.3, -0.25) is 4.98 Å². The topological polar surface area (TPSA) is 80.7 Å². The highest BCUT2D eigenvalue weighted by molar-refractivity contribution is 7.12. The van der Waals surface area contributed by atoms with Crippen molar-refractivity contribution in [1.29, 1.82) is 0 Å². The van der Waals surface area contributed by atoms with Crippen LogP contribution in [0, 0.1) is 6.92 Å². The molecule has 146 valence electrons. The SMILES string of the molecule is Cc1nnc(C2=Cc3c(N4CCN(C(=O)OC5COC5)CC4)ccnc3C2)s1. The van der Waals surface area contributed by atoms with Crippen LogP contribution in [0.2, 0.25) is 0 Å². The van der Waals surface area contributed by atoms with Gasteiger partial charge in [0.2, 0.25) is 0 Å². The molecule has 2 fully saturated rings. The number of hydrogen-bond donors (Lipinski definition) is 0. The first-order valence-electron chi connectivity index (χ1n) is 9.44. The van der Waals surface area contributed by atoms with Crippen molar-refractivity contribution in [2.45, 2.75) is 19.4 Å². The maximum absolute atomic E-state index is 12.2. The van der Waals surface area contributed by atoms with E-state index in [-0.39, 0.29) is 12.2 Å². The fourth-order valence-corrected chi connectivity index (χ4v) is 4.38. The number of pyridine rings is 1. The van der Waals surface area contributed by atoms with Gasteiger partial charge in [-0.05, 0) is 24.6 Å². The Morgan fingerprint density at radius 3 is 2.75 bits per heavy atom. The summed E-state index contributed by atoms with van der Waals surface area (Å²) in [5.41, 5.74) is 4.58. The zero-order chi connectivity index (χ0) is 19.1. The monoisotopic (exact) mass is 399 g/mol. The molecule has 28 heavy (non-hydrogen) atoms. The Bertz CT molecular complexity index is 931. The smallest absolute Gasteiger partial charge is 0.410 e. The van der Waals surface area contributed by atoms with Gasteiger partial charge in [-0.15, -0.1) is 10.2 Å². The summed E-state index contributed by atoms with van der Waals surface area (Å²) in [5, 5.41) is 10.3. The number of rotatable bonds is 3. The van der Waals surface area contributed by atoms with Gasteiger partial charge < -0.3 is 19.3 Å². The molecule has 1 amide bonds. The van der Waals surface area contributed by atoms with Crippen LogP contribution in [0.1, 0.15) is 21.3 Å². The van der Waals surface area contributed by atoms with Crippen molar-refractivity contribution in [2.75, 3.05) is 44.3 Å². The van der Waals surface area contributed by atoms with Crippen molar-refractivity contribution in [3.05, 3.63) is 33.5 Å². The van der Waals surface area contributed by atoms with Crippen molar-refractivity contribution in [2.24, 2.45) is 0 Å². The van der Waals surface area contributed by atoms with E-state index in [1.165, 1.54) is 11.3 Å². The molecule has 0 saturated carbocycles. The van der Waals surface area contributed by atoms with Crippen LogP contribution in [-0.2, 0) is 15.9 Å². The highest BCUT2D eigenvalue weighted by Gasteiger charge is 2.29. The van der Waals surface area contributed by atoms with Crippen LogP contribution in [0.15, 0.2) is 12.3 Å². The fraction of sp³-hybridized carbons (Fsp3) is 0.474. The lowest BCUT2D eigenvalue weighted by atomic mass is 10.1. The average Bonchev–Trinajstić information content (AvgIpc) is 3.30. The van der Waals surface area contributed by atoms with Crippen molar-refractivity contribution in [3.63, 3.8) is 0 Å². The summed E-state index contributed by atoms with van der Waals surface area (Å²) >= 11 is 1.61. The molecule has 8 nitrogen and oxygen atoms in total. The number of piperazine rings is 1. The van der Waals surface area contributed by atoms with Crippen LogP contribution in [0.3, 0.4) is 0 Å². The van der Waals surface area contributed by atoms with Crippen molar-refractivity contribution in [1.82, 2.24) is 20.1 Å². The van der Waals surface area contributed by atoms with E-state index in [9.17, 15) is 4.79 Å². The van der Waals surface area contributed by atoms with Gasteiger partial charge in [0.1, 0.15) is 10.0 Å². The third-order valence-corrected chi connectivity index (χ3v) is 6.19. The van der Waals surface area contributed by atoms with Gasteiger partial charge in [0.05, 0.1) is 18.9 Å². The number of ether oxygens (including phenoxy) is 2. The summed E-state index contributed by atoms with van der Waals surface area (Å²) in [5.74, 6) is 0. The molecule has 5 rings (SSSR count). The number of fused-ring (bicyclic) bond motifs is 1. The minimum absolute atomic E-state index is 0.0819. The second kappa shape index (κ2) is 7.14. The van der Waals surface area contributed by atoms with E-state index in [4.69, 9.17) is 9.47 Å². The number of aromatic nitrogens is 3. The Morgan fingerprint density at radius 2 is 2.07 bits per heavy atom. The molecule has 3 aliphatic rings. The van der Waals surface area contributed by atoms with E-state index >= 15 is 0 Å². The van der Waals surface area contributed by atoms with E-state index in [1.807, 2.05) is 13.1 Å². The van der Waals surface area contributed by atoms with E-state index in [0.29, 0.717) is 26.3 Å². The molecule has 2 aliphatic heterocycles. The van der Waals surface area contributed by atoms with Crippen molar-refractivity contribution in [3.8, 4) is 0 Å². The van der Waals surface area contributed by atoms with Crippen molar-refractivity contribution >= 4 is 34.8 Å². The first-order valence-corrected chi connectivity index (χ1v) is 10.3. The lowest BCUT2D eigenvalue weighted by Crippen LogP contribution is -2.51. The van der Waals surface area contributed by atoms with E-state index < -0.39 is 0 Å². The summed E-state index contributed by atoms with van der Waals surface area (Å²) in [7, 11) is 0. The predicted molar refractivity (Wildman–Crippen MR) is 105 cm³/mol. The zero-order valence-corrected chi connectivity index (χ0v) is 16.4. The van der Waals surface area contributed by atoms with Crippen LogP contribution < -0.4 is 4.90 Å². The molecule has 2 saturated heterocycles. The summed E-state index contributed by atoms with van der Waals surface area (Å²) in [4.78, 5) is 20.9. The molecule has 0 aromatic carbocycles. The maximum Gasteiger partial charge on any atom is 0.410 e. The minimum atomic E-state index is -0.235. The van der Waals surface area contributed by atoms with Gasteiger partial charge in [0.25, 0.3) is 0 Å².